The van der Waals surface area contributed by atoms with Gasteiger partial charge in [0.25, 0.3) is 0 Å². The largest absolute Gasteiger partial charge is 0.375 e. The highest BCUT2D eigenvalue weighted by Crippen LogP contribution is 2.13. The summed E-state index contributed by atoms with van der Waals surface area (Å²) in [4.78, 5) is 25.1. The van der Waals surface area contributed by atoms with Crippen LogP contribution < -0.4 is 5.32 Å². The van der Waals surface area contributed by atoms with E-state index in [1.807, 2.05) is 6.92 Å². The maximum Gasteiger partial charge on any atom is 0.322 e. The summed E-state index contributed by atoms with van der Waals surface area (Å²) in [5.74, 6) is -0.0175. The van der Waals surface area contributed by atoms with E-state index in [0.717, 1.165) is 0 Å². The van der Waals surface area contributed by atoms with Gasteiger partial charge < -0.3 is 15.0 Å². The number of hydrogen-bond donors (Lipinski definition) is 1. The molecule has 1 aromatic rings. The second-order valence-corrected chi connectivity index (χ2v) is 4.69. The summed E-state index contributed by atoms with van der Waals surface area (Å²) >= 11 is 0. The standard InChI is InChI=1S/C14H18N2O3/c1-10-9-16(6-7-19-10)14(18)15-13-5-3-4-12(8-13)11(2)17/h3-5,8,10H,6-7,9H2,1-2H3,(H,15,18). The molecular formula is C14H18N2O3. The number of benzene rings is 1. The van der Waals surface area contributed by atoms with Crippen molar-refractivity contribution in [3.63, 3.8) is 0 Å². The Morgan fingerprint density at radius 1 is 1.42 bits per heavy atom. The topological polar surface area (TPSA) is 58.6 Å². The van der Waals surface area contributed by atoms with E-state index >= 15 is 0 Å². The molecule has 19 heavy (non-hydrogen) atoms. The molecule has 0 saturated carbocycles. The zero-order chi connectivity index (χ0) is 13.8. The quantitative estimate of drug-likeness (QED) is 0.831. The molecule has 1 unspecified atom stereocenters. The van der Waals surface area contributed by atoms with E-state index < -0.39 is 0 Å². The normalized spacial score (nSPS) is 19.1. The van der Waals surface area contributed by atoms with Crippen LogP contribution in [0.3, 0.4) is 0 Å². The van der Waals surface area contributed by atoms with E-state index in [0.29, 0.717) is 30.9 Å². The first-order valence-electron chi connectivity index (χ1n) is 6.35. The summed E-state index contributed by atoms with van der Waals surface area (Å²) in [6, 6.07) is 6.79. The van der Waals surface area contributed by atoms with Crippen molar-refractivity contribution >= 4 is 17.5 Å². The first-order valence-corrected chi connectivity index (χ1v) is 6.35. The number of carbonyl (C=O) groups is 2. The summed E-state index contributed by atoms with van der Waals surface area (Å²) < 4.78 is 5.39. The van der Waals surface area contributed by atoms with Crippen LogP contribution in [0, 0.1) is 0 Å². The van der Waals surface area contributed by atoms with Crippen LogP contribution >= 0.6 is 0 Å². The zero-order valence-corrected chi connectivity index (χ0v) is 11.2. The lowest BCUT2D eigenvalue weighted by molar-refractivity contribution is -0.00138. The van der Waals surface area contributed by atoms with Crippen molar-refractivity contribution in [2.45, 2.75) is 20.0 Å². The summed E-state index contributed by atoms with van der Waals surface area (Å²) in [7, 11) is 0. The molecule has 0 bridgehead atoms. The average molecular weight is 262 g/mol. The highest BCUT2D eigenvalue weighted by atomic mass is 16.5. The number of urea groups is 1. The molecule has 1 aromatic carbocycles. The SMILES string of the molecule is CC(=O)c1cccc(NC(=O)N2CCOC(C)C2)c1. The fourth-order valence-corrected chi connectivity index (χ4v) is 2.02. The number of hydrogen-bond acceptors (Lipinski definition) is 3. The molecular weight excluding hydrogens is 244 g/mol. The molecule has 0 aliphatic carbocycles. The second-order valence-electron chi connectivity index (χ2n) is 4.69. The number of morpholine rings is 1. The van der Waals surface area contributed by atoms with Gasteiger partial charge in [-0.05, 0) is 26.0 Å². The van der Waals surface area contributed by atoms with E-state index in [4.69, 9.17) is 4.74 Å². The van der Waals surface area contributed by atoms with Gasteiger partial charge in [-0.3, -0.25) is 4.79 Å². The van der Waals surface area contributed by atoms with Crippen molar-refractivity contribution in [3.8, 4) is 0 Å². The third kappa shape index (κ3) is 3.54. The second kappa shape index (κ2) is 5.84. The lowest BCUT2D eigenvalue weighted by atomic mass is 10.1. The van der Waals surface area contributed by atoms with E-state index in [1.54, 1.807) is 29.2 Å². The molecule has 1 fully saturated rings. The van der Waals surface area contributed by atoms with Gasteiger partial charge in [0.05, 0.1) is 12.7 Å². The van der Waals surface area contributed by atoms with Crippen LogP contribution in [0.5, 0.6) is 0 Å². The van der Waals surface area contributed by atoms with Crippen LogP contribution in [0.15, 0.2) is 24.3 Å². The van der Waals surface area contributed by atoms with Gasteiger partial charge in [0.15, 0.2) is 5.78 Å². The summed E-state index contributed by atoms with van der Waals surface area (Å²) in [6.07, 6.45) is 0.0584. The number of ether oxygens (including phenoxy) is 1. The van der Waals surface area contributed by atoms with Gasteiger partial charge in [0.2, 0.25) is 0 Å². The number of rotatable bonds is 2. The van der Waals surface area contributed by atoms with Crippen LogP contribution in [-0.2, 0) is 4.74 Å². The van der Waals surface area contributed by atoms with Gasteiger partial charge in [0.1, 0.15) is 0 Å². The number of Topliss-reactive ketones (excluding diaryl/α,β-unsaturated/α-hetero) is 1. The van der Waals surface area contributed by atoms with Crippen LogP contribution in [0.1, 0.15) is 24.2 Å². The lowest BCUT2D eigenvalue weighted by Gasteiger charge is -2.31. The highest BCUT2D eigenvalue weighted by molar-refractivity contribution is 5.96. The Balaban J connectivity index is 2.02. The number of amides is 2. The number of anilines is 1. The van der Waals surface area contributed by atoms with Crippen molar-refractivity contribution in [1.82, 2.24) is 4.90 Å². The predicted molar refractivity (Wildman–Crippen MR) is 72.5 cm³/mol. The number of carbonyl (C=O) groups excluding carboxylic acids is 2. The molecule has 0 aromatic heterocycles. The van der Waals surface area contributed by atoms with Crippen molar-refractivity contribution in [2.75, 3.05) is 25.0 Å². The average Bonchev–Trinajstić information content (AvgIpc) is 2.39. The summed E-state index contributed by atoms with van der Waals surface area (Å²) in [5, 5.41) is 2.81. The minimum atomic E-state index is -0.157. The molecule has 102 valence electrons. The van der Waals surface area contributed by atoms with Gasteiger partial charge in [-0.25, -0.2) is 4.79 Å². The van der Waals surface area contributed by atoms with E-state index in [1.165, 1.54) is 6.92 Å². The molecule has 2 amide bonds. The Labute approximate surface area is 112 Å². The fourth-order valence-electron chi connectivity index (χ4n) is 2.02. The smallest absolute Gasteiger partial charge is 0.322 e. The predicted octanol–water partition coefficient (Wildman–Crippen LogP) is 2.14. The third-order valence-corrected chi connectivity index (χ3v) is 3.05. The van der Waals surface area contributed by atoms with E-state index in [-0.39, 0.29) is 17.9 Å². The molecule has 0 spiro atoms. The fraction of sp³-hybridized carbons (Fsp3) is 0.429. The van der Waals surface area contributed by atoms with Gasteiger partial charge in [0, 0.05) is 24.3 Å². The van der Waals surface area contributed by atoms with Crippen molar-refractivity contribution in [1.29, 1.82) is 0 Å². The molecule has 1 heterocycles. The molecule has 2 rings (SSSR count). The van der Waals surface area contributed by atoms with Crippen LogP contribution in [0.4, 0.5) is 10.5 Å². The summed E-state index contributed by atoms with van der Waals surface area (Å²) in [5.41, 5.74) is 1.23. The van der Waals surface area contributed by atoms with E-state index in [2.05, 4.69) is 5.32 Å². The van der Waals surface area contributed by atoms with Gasteiger partial charge in [-0.2, -0.15) is 0 Å². The third-order valence-electron chi connectivity index (χ3n) is 3.05. The molecule has 1 saturated heterocycles. The number of nitrogens with zero attached hydrogens (tertiary/aromatic N) is 1. The lowest BCUT2D eigenvalue weighted by Crippen LogP contribution is -2.46. The molecule has 1 atom stereocenters. The van der Waals surface area contributed by atoms with Crippen molar-refractivity contribution < 1.29 is 14.3 Å². The van der Waals surface area contributed by atoms with Gasteiger partial charge in [-0.15, -0.1) is 0 Å². The molecule has 5 heteroatoms. The first kappa shape index (κ1) is 13.5. The first-order chi connectivity index (χ1) is 9.06. The van der Waals surface area contributed by atoms with E-state index in [9.17, 15) is 9.59 Å². The molecule has 0 radical (unpaired) electrons. The minimum absolute atomic E-state index is 0.0175. The van der Waals surface area contributed by atoms with Crippen molar-refractivity contribution in [3.05, 3.63) is 29.8 Å². The molecule has 1 aliphatic rings. The molecule has 1 aliphatic heterocycles. The maximum absolute atomic E-state index is 12.1. The van der Waals surface area contributed by atoms with Crippen LogP contribution in [-0.4, -0.2) is 42.5 Å². The molecule has 1 N–H and O–H groups in total. The highest BCUT2D eigenvalue weighted by Gasteiger charge is 2.21. The van der Waals surface area contributed by atoms with Crippen LogP contribution in [0.25, 0.3) is 0 Å². The van der Waals surface area contributed by atoms with Gasteiger partial charge in [-0.1, -0.05) is 12.1 Å². The number of nitrogens with one attached hydrogen (secondary N) is 1. The molecule has 5 nitrogen and oxygen atoms in total. The Morgan fingerprint density at radius 2 is 2.21 bits per heavy atom. The minimum Gasteiger partial charge on any atom is -0.375 e. The monoisotopic (exact) mass is 262 g/mol. The number of ketones is 1. The van der Waals surface area contributed by atoms with Gasteiger partial charge >= 0.3 is 6.03 Å². The Bertz CT molecular complexity index is 487. The maximum atomic E-state index is 12.1. The summed E-state index contributed by atoms with van der Waals surface area (Å²) in [6.45, 7) is 5.17. The Kier molecular flexibility index (Phi) is 4.16. The van der Waals surface area contributed by atoms with Crippen LogP contribution in [0.2, 0.25) is 0 Å². The Morgan fingerprint density at radius 3 is 2.89 bits per heavy atom. The Hall–Kier alpha value is -1.88. The van der Waals surface area contributed by atoms with Crippen molar-refractivity contribution in [2.24, 2.45) is 0 Å². The zero-order valence-electron chi connectivity index (χ0n) is 11.2.